The standard InChI is InChI=1S/C14H15N3O3/c15-13(19)10-5-6-12(11-4-1-2-7-16-11)17-14(10)20-9-3-8-18/h1-2,4-8,14,17H,3,9H2,(H2,15,19)/t14-/m1/s1. The molecule has 6 nitrogen and oxygen atoms in total. The summed E-state index contributed by atoms with van der Waals surface area (Å²) in [5.41, 5.74) is 7.08. The summed E-state index contributed by atoms with van der Waals surface area (Å²) in [7, 11) is 0. The number of hydrogen-bond donors (Lipinski definition) is 2. The Kier molecular flexibility index (Phi) is 4.62. The summed E-state index contributed by atoms with van der Waals surface area (Å²) in [5.74, 6) is -0.565. The Hall–Kier alpha value is -2.47. The zero-order valence-corrected chi connectivity index (χ0v) is 10.8. The van der Waals surface area contributed by atoms with Crippen LogP contribution in [-0.2, 0) is 14.3 Å². The highest BCUT2D eigenvalue weighted by Gasteiger charge is 2.23. The third-order valence-electron chi connectivity index (χ3n) is 2.74. The summed E-state index contributed by atoms with van der Waals surface area (Å²) in [6.45, 7) is 0.210. The van der Waals surface area contributed by atoms with Gasteiger partial charge in [0.1, 0.15) is 6.29 Å². The molecule has 20 heavy (non-hydrogen) atoms. The molecule has 0 spiro atoms. The van der Waals surface area contributed by atoms with Crippen LogP contribution in [0.3, 0.4) is 0 Å². The second-order valence-corrected chi connectivity index (χ2v) is 4.13. The van der Waals surface area contributed by atoms with Crippen molar-refractivity contribution >= 4 is 17.9 Å². The zero-order valence-electron chi connectivity index (χ0n) is 10.8. The molecule has 0 unspecified atom stereocenters. The van der Waals surface area contributed by atoms with E-state index in [4.69, 9.17) is 10.5 Å². The minimum absolute atomic E-state index is 0.210. The van der Waals surface area contributed by atoms with Crippen molar-refractivity contribution in [2.24, 2.45) is 5.73 Å². The summed E-state index contributed by atoms with van der Waals surface area (Å²) in [6, 6.07) is 5.51. The summed E-state index contributed by atoms with van der Waals surface area (Å²) in [5, 5.41) is 3.05. The minimum Gasteiger partial charge on any atom is -0.366 e. The lowest BCUT2D eigenvalue weighted by atomic mass is 10.1. The van der Waals surface area contributed by atoms with Gasteiger partial charge < -0.3 is 20.6 Å². The number of aldehydes is 1. The molecule has 2 heterocycles. The van der Waals surface area contributed by atoms with Crippen LogP contribution in [0.5, 0.6) is 0 Å². The monoisotopic (exact) mass is 273 g/mol. The molecule has 104 valence electrons. The number of nitrogens with one attached hydrogen (secondary N) is 1. The van der Waals surface area contributed by atoms with Crippen molar-refractivity contribution in [1.29, 1.82) is 0 Å². The number of amides is 1. The van der Waals surface area contributed by atoms with Crippen LogP contribution in [0.15, 0.2) is 42.1 Å². The van der Waals surface area contributed by atoms with Crippen LogP contribution in [0, 0.1) is 0 Å². The van der Waals surface area contributed by atoms with Crippen molar-refractivity contribution in [1.82, 2.24) is 10.3 Å². The summed E-state index contributed by atoms with van der Waals surface area (Å²) in [4.78, 5) is 25.9. The lowest BCUT2D eigenvalue weighted by Gasteiger charge is -2.25. The predicted molar refractivity (Wildman–Crippen MR) is 73.0 cm³/mol. The molecule has 0 radical (unpaired) electrons. The third kappa shape index (κ3) is 3.30. The summed E-state index contributed by atoms with van der Waals surface area (Å²) in [6.07, 6.45) is 5.34. The number of ether oxygens (including phenoxy) is 1. The van der Waals surface area contributed by atoms with Crippen LogP contribution >= 0.6 is 0 Å². The number of aromatic nitrogens is 1. The third-order valence-corrected chi connectivity index (χ3v) is 2.74. The van der Waals surface area contributed by atoms with Gasteiger partial charge >= 0.3 is 0 Å². The normalized spacial score (nSPS) is 17.7. The predicted octanol–water partition coefficient (Wildman–Crippen LogP) is 0.369. The summed E-state index contributed by atoms with van der Waals surface area (Å²) >= 11 is 0. The molecule has 0 aromatic carbocycles. The van der Waals surface area contributed by atoms with Crippen LogP contribution in [0.25, 0.3) is 5.70 Å². The number of nitrogens with two attached hydrogens (primary N) is 1. The zero-order chi connectivity index (χ0) is 14.4. The molecule has 0 aliphatic carbocycles. The minimum atomic E-state index is -0.672. The molecule has 1 aromatic heterocycles. The quantitative estimate of drug-likeness (QED) is 0.577. The van der Waals surface area contributed by atoms with Gasteiger partial charge in [-0.15, -0.1) is 0 Å². The van der Waals surface area contributed by atoms with E-state index in [1.54, 1.807) is 18.3 Å². The van der Waals surface area contributed by atoms with E-state index in [0.717, 1.165) is 17.7 Å². The van der Waals surface area contributed by atoms with Crippen molar-refractivity contribution in [2.75, 3.05) is 6.61 Å². The number of pyridine rings is 1. The number of carbonyl (C=O) groups is 2. The smallest absolute Gasteiger partial charge is 0.249 e. The Morgan fingerprint density at radius 3 is 2.95 bits per heavy atom. The van der Waals surface area contributed by atoms with Crippen molar-refractivity contribution in [3.63, 3.8) is 0 Å². The van der Waals surface area contributed by atoms with E-state index in [1.165, 1.54) is 0 Å². The van der Waals surface area contributed by atoms with Crippen molar-refractivity contribution in [3.8, 4) is 0 Å². The maximum Gasteiger partial charge on any atom is 0.249 e. The first-order valence-corrected chi connectivity index (χ1v) is 6.17. The molecule has 1 aliphatic rings. The highest BCUT2D eigenvalue weighted by Crippen LogP contribution is 2.18. The number of primary amides is 1. The number of allylic oxidation sites excluding steroid dienone is 2. The molecule has 0 saturated heterocycles. The SMILES string of the molecule is NC(=O)C1=CC=C(c2ccccn2)N[C@@H]1OCCC=O. The van der Waals surface area contributed by atoms with E-state index in [1.807, 2.05) is 18.2 Å². The molecule has 1 atom stereocenters. The van der Waals surface area contributed by atoms with Crippen LogP contribution in [0.2, 0.25) is 0 Å². The van der Waals surface area contributed by atoms with Crippen LogP contribution < -0.4 is 11.1 Å². The van der Waals surface area contributed by atoms with E-state index in [2.05, 4.69) is 10.3 Å². The van der Waals surface area contributed by atoms with E-state index in [-0.39, 0.29) is 13.0 Å². The van der Waals surface area contributed by atoms with Crippen LogP contribution in [0.4, 0.5) is 0 Å². The molecule has 6 heteroatoms. The fourth-order valence-electron chi connectivity index (χ4n) is 1.79. The van der Waals surface area contributed by atoms with Crippen LogP contribution in [-0.4, -0.2) is 30.0 Å². The van der Waals surface area contributed by atoms with Gasteiger partial charge in [-0.05, 0) is 24.3 Å². The average Bonchev–Trinajstić information content (AvgIpc) is 2.48. The van der Waals surface area contributed by atoms with Gasteiger partial charge in [0.2, 0.25) is 5.91 Å². The lowest BCUT2D eigenvalue weighted by molar-refractivity contribution is -0.116. The van der Waals surface area contributed by atoms with E-state index >= 15 is 0 Å². The Morgan fingerprint density at radius 2 is 2.30 bits per heavy atom. The van der Waals surface area contributed by atoms with Gasteiger partial charge in [-0.3, -0.25) is 9.78 Å². The molecule has 2 rings (SSSR count). The fraction of sp³-hybridized carbons (Fsp3) is 0.214. The molecule has 0 saturated carbocycles. The van der Waals surface area contributed by atoms with Gasteiger partial charge in [-0.1, -0.05) is 6.07 Å². The van der Waals surface area contributed by atoms with E-state index in [0.29, 0.717) is 5.57 Å². The Bertz CT molecular complexity index is 552. The molecule has 1 amide bonds. The fourth-order valence-corrected chi connectivity index (χ4v) is 1.79. The van der Waals surface area contributed by atoms with Gasteiger partial charge in [-0.2, -0.15) is 0 Å². The second kappa shape index (κ2) is 6.63. The number of rotatable bonds is 6. The Morgan fingerprint density at radius 1 is 1.45 bits per heavy atom. The Labute approximate surface area is 116 Å². The number of hydrogen-bond acceptors (Lipinski definition) is 5. The van der Waals surface area contributed by atoms with Gasteiger partial charge in [0, 0.05) is 12.6 Å². The molecule has 3 N–H and O–H groups in total. The van der Waals surface area contributed by atoms with Crippen LogP contribution in [0.1, 0.15) is 12.1 Å². The van der Waals surface area contributed by atoms with Crippen molar-refractivity contribution < 1.29 is 14.3 Å². The number of dihydropyridines is 1. The van der Waals surface area contributed by atoms with Gasteiger partial charge in [-0.25, -0.2) is 0 Å². The van der Waals surface area contributed by atoms with Gasteiger partial charge in [0.25, 0.3) is 0 Å². The molecule has 0 fully saturated rings. The number of nitrogens with zero attached hydrogens (tertiary/aromatic N) is 1. The first kappa shape index (κ1) is 14.0. The van der Waals surface area contributed by atoms with E-state index < -0.39 is 12.1 Å². The summed E-state index contributed by atoms with van der Waals surface area (Å²) < 4.78 is 5.47. The molecule has 0 bridgehead atoms. The maximum atomic E-state index is 11.4. The van der Waals surface area contributed by atoms with Gasteiger partial charge in [0.05, 0.1) is 23.6 Å². The first-order valence-electron chi connectivity index (χ1n) is 6.17. The van der Waals surface area contributed by atoms with E-state index in [9.17, 15) is 9.59 Å². The molecular formula is C14H15N3O3. The highest BCUT2D eigenvalue weighted by molar-refractivity contribution is 5.94. The first-order chi connectivity index (χ1) is 9.72. The molecule has 1 aromatic rings. The Balaban J connectivity index is 2.18. The van der Waals surface area contributed by atoms with Gasteiger partial charge in [0.15, 0.2) is 6.23 Å². The number of carbonyl (C=O) groups excluding carboxylic acids is 2. The van der Waals surface area contributed by atoms with Crippen molar-refractivity contribution in [2.45, 2.75) is 12.6 Å². The largest absolute Gasteiger partial charge is 0.366 e. The average molecular weight is 273 g/mol. The maximum absolute atomic E-state index is 11.4. The molecular weight excluding hydrogens is 258 g/mol. The lowest BCUT2D eigenvalue weighted by Crippen LogP contribution is -2.39. The molecule has 1 aliphatic heterocycles. The second-order valence-electron chi connectivity index (χ2n) is 4.13. The highest BCUT2D eigenvalue weighted by atomic mass is 16.5. The topological polar surface area (TPSA) is 94.3 Å². The van der Waals surface area contributed by atoms with Crippen molar-refractivity contribution in [3.05, 3.63) is 47.8 Å².